The van der Waals surface area contributed by atoms with E-state index >= 15 is 0 Å². The van der Waals surface area contributed by atoms with E-state index < -0.39 is 0 Å². The molecule has 0 aromatic heterocycles. The molecule has 1 aromatic carbocycles. The van der Waals surface area contributed by atoms with Crippen molar-refractivity contribution in [2.75, 3.05) is 26.6 Å². The molecule has 2 atom stereocenters. The standard InChI is InChI=1S/C14H20N2O3/c1-9-4-13-14(19-8-18-13)6-11(9)12(15)5-10-7-17-3-2-16-10/h4,6,10,12,16H,2-3,5,7-8,15H2,1H3. The molecule has 0 spiro atoms. The van der Waals surface area contributed by atoms with Gasteiger partial charge in [0.25, 0.3) is 0 Å². The fourth-order valence-electron chi connectivity index (χ4n) is 2.66. The lowest BCUT2D eigenvalue weighted by Gasteiger charge is -2.27. The summed E-state index contributed by atoms with van der Waals surface area (Å²) < 4.78 is 16.2. The molecular weight excluding hydrogens is 244 g/mol. The first-order valence-corrected chi connectivity index (χ1v) is 6.71. The summed E-state index contributed by atoms with van der Waals surface area (Å²) in [6.45, 7) is 4.77. The molecule has 1 aromatic rings. The molecule has 3 N–H and O–H groups in total. The summed E-state index contributed by atoms with van der Waals surface area (Å²) in [6.07, 6.45) is 0.862. The molecule has 0 saturated carbocycles. The molecule has 0 bridgehead atoms. The smallest absolute Gasteiger partial charge is 0.231 e. The molecule has 1 saturated heterocycles. The van der Waals surface area contributed by atoms with E-state index in [1.807, 2.05) is 12.1 Å². The van der Waals surface area contributed by atoms with Gasteiger partial charge in [0.15, 0.2) is 11.5 Å². The van der Waals surface area contributed by atoms with Crippen molar-refractivity contribution >= 4 is 0 Å². The zero-order valence-electron chi connectivity index (χ0n) is 11.1. The van der Waals surface area contributed by atoms with E-state index in [4.69, 9.17) is 19.9 Å². The molecule has 2 aliphatic rings. The summed E-state index contributed by atoms with van der Waals surface area (Å²) in [5.41, 5.74) is 8.60. The summed E-state index contributed by atoms with van der Waals surface area (Å²) in [6, 6.07) is 4.32. The van der Waals surface area contributed by atoms with Gasteiger partial charge in [0.05, 0.1) is 13.2 Å². The second-order valence-corrected chi connectivity index (χ2v) is 5.13. The summed E-state index contributed by atoms with van der Waals surface area (Å²) >= 11 is 0. The Hall–Kier alpha value is -1.30. The van der Waals surface area contributed by atoms with E-state index in [2.05, 4.69) is 12.2 Å². The minimum Gasteiger partial charge on any atom is -0.454 e. The fraction of sp³-hybridized carbons (Fsp3) is 0.571. The predicted octanol–water partition coefficient (Wildman–Crippen LogP) is 1.10. The lowest BCUT2D eigenvalue weighted by atomic mass is 9.95. The SMILES string of the molecule is Cc1cc2c(cc1C(N)CC1COCCN1)OCO2. The summed E-state index contributed by atoms with van der Waals surface area (Å²) in [5, 5.41) is 3.43. The Kier molecular flexibility index (Phi) is 3.59. The van der Waals surface area contributed by atoms with E-state index in [1.54, 1.807) is 0 Å². The minimum atomic E-state index is -0.0197. The Morgan fingerprint density at radius 3 is 2.89 bits per heavy atom. The number of nitrogens with one attached hydrogen (secondary N) is 1. The number of hydrogen-bond acceptors (Lipinski definition) is 5. The monoisotopic (exact) mass is 264 g/mol. The van der Waals surface area contributed by atoms with Crippen LogP contribution in [0.25, 0.3) is 0 Å². The molecule has 2 aliphatic heterocycles. The highest BCUT2D eigenvalue weighted by atomic mass is 16.7. The van der Waals surface area contributed by atoms with Crippen molar-refractivity contribution in [2.45, 2.75) is 25.4 Å². The molecule has 0 aliphatic carbocycles. The first kappa shape index (κ1) is 12.7. The fourth-order valence-corrected chi connectivity index (χ4v) is 2.66. The molecule has 2 unspecified atom stereocenters. The average Bonchev–Trinajstić information content (AvgIpc) is 2.86. The molecule has 3 rings (SSSR count). The van der Waals surface area contributed by atoms with Crippen LogP contribution in [-0.4, -0.2) is 32.6 Å². The van der Waals surface area contributed by atoms with Crippen LogP contribution in [0.4, 0.5) is 0 Å². The number of hydrogen-bond donors (Lipinski definition) is 2. The number of aryl methyl sites for hydroxylation is 1. The third-order valence-corrected chi connectivity index (χ3v) is 3.70. The van der Waals surface area contributed by atoms with Crippen molar-refractivity contribution in [3.8, 4) is 11.5 Å². The molecule has 2 heterocycles. The first-order valence-electron chi connectivity index (χ1n) is 6.71. The number of benzene rings is 1. The quantitative estimate of drug-likeness (QED) is 0.856. The highest BCUT2D eigenvalue weighted by molar-refractivity contribution is 5.49. The number of rotatable bonds is 3. The maximum atomic E-state index is 6.33. The maximum absolute atomic E-state index is 6.33. The van der Waals surface area contributed by atoms with Crippen LogP contribution in [0, 0.1) is 6.92 Å². The van der Waals surface area contributed by atoms with Gasteiger partial charge in [-0.2, -0.15) is 0 Å². The van der Waals surface area contributed by atoms with Crippen molar-refractivity contribution in [1.29, 1.82) is 0 Å². The van der Waals surface area contributed by atoms with Crippen LogP contribution < -0.4 is 20.5 Å². The van der Waals surface area contributed by atoms with Crippen molar-refractivity contribution in [3.05, 3.63) is 23.3 Å². The number of fused-ring (bicyclic) bond motifs is 1. The van der Waals surface area contributed by atoms with E-state index in [9.17, 15) is 0 Å². The first-order chi connectivity index (χ1) is 9.24. The molecule has 0 radical (unpaired) electrons. The predicted molar refractivity (Wildman–Crippen MR) is 71.5 cm³/mol. The van der Waals surface area contributed by atoms with Gasteiger partial charge in [-0.25, -0.2) is 0 Å². The van der Waals surface area contributed by atoms with Crippen LogP contribution in [0.2, 0.25) is 0 Å². The molecule has 104 valence electrons. The third kappa shape index (κ3) is 2.68. The molecular formula is C14H20N2O3. The third-order valence-electron chi connectivity index (χ3n) is 3.70. The van der Waals surface area contributed by atoms with Crippen LogP contribution in [0.3, 0.4) is 0 Å². The van der Waals surface area contributed by atoms with Gasteiger partial charge >= 0.3 is 0 Å². The largest absolute Gasteiger partial charge is 0.454 e. The Morgan fingerprint density at radius 2 is 2.16 bits per heavy atom. The van der Waals surface area contributed by atoms with Gasteiger partial charge in [0, 0.05) is 18.6 Å². The van der Waals surface area contributed by atoms with Gasteiger partial charge in [-0.05, 0) is 36.6 Å². The van der Waals surface area contributed by atoms with Crippen molar-refractivity contribution < 1.29 is 14.2 Å². The molecule has 5 heteroatoms. The van der Waals surface area contributed by atoms with Crippen LogP contribution in [-0.2, 0) is 4.74 Å². The topological polar surface area (TPSA) is 65.7 Å². The summed E-state index contributed by atoms with van der Waals surface area (Å²) in [5.74, 6) is 1.61. The second-order valence-electron chi connectivity index (χ2n) is 5.13. The van der Waals surface area contributed by atoms with E-state index in [0.29, 0.717) is 12.8 Å². The van der Waals surface area contributed by atoms with Crippen molar-refractivity contribution in [1.82, 2.24) is 5.32 Å². The molecule has 19 heavy (non-hydrogen) atoms. The maximum Gasteiger partial charge on any atom is 0.231 e. The minimum absolute atomic E-state index is 0.0197. The van der Waals surface area contributed by atoms with Gasteiger partial charge in [-0.1, -0.05) is 0 Å². The molecule has 5 nitrogen and oxygen atoms in total. The van der Waals surface area contributed by atoms with Gasteiger partial charge in [-0.3, -0.25) is 0 Å². The zero-order chi connectivity index (χ0) is 13.2. The van der Waals surface area contributed by atoms with Gasteiger partial charge in [0.1, 0.15) is 0 Å². The normalized spacial score (nSPS) is 23.4. The Labute approximate surface area is 113 Å². The Morgan fingerprint density at radius 1 is 1.37 bits per heavy atom. The lowest BCUT2D eigenvalue weighted by Crippen LogP contribution is -2.42. The van der Waals surface area contributed by atoms with Crippen LogP contribution in [0.1, 0.15) is 23.6 Å². The van der Waals surface area contributed by atoms with Crippen molar-refractivity contribution in [3.63, 3.8) is 0 Å². The van der Waals surface area contributed by atoms with Gasteiger partial charge in [-0.15, -0.1) is 0 Å². The average molecular weight is 264 g/mol. The number of nitrogens with two attached hydrogens (primary N) is 1. The van der Waals surface area contributed by atoms with E-state index in [1.165, 1.54) is 0 Å². The number of ether oxygens (including phenoxy) is 3. The Bertz CT molecular complexity index is 458. The van der Waals surface area contributed by atoms with Gasteiger partial charge in [0.2, 0.25) is 6.79 Å². The molecule has 0 amide bonds. The lowest BCUT2D eigenvalue weighted by molar-refractivity contribution is 0.0719. The second kappa shape index (κ2) is 5.36. The number of morpholine rings is 1. The van der Waals surface area contributed by atoms with E-state index in [-0.39, 0.29) is 6.04 Å². The highest BCUT2D eigenvalue weighted by Gasteiger charge is 2.22. The van der Waals surface area contributed by atoms with Crippen LogP contribution in [0.5, 0.6) is 11.5 Å². The van der Waals surface area contributed by atoms with Crippen LogP contribution in [0.15, 0.2) is 12.1 Å². The Balaban J connectivity index is 1.73. The molecule has 1 fully saturated rings. The highest BCUT2D eigenvalue weighted by Crippen LogP contribution is 2.36. The van der Waals surface area contributed by atoms with E-state index in [0.717, 1.165) is 48.8 Å². The van der Waals surface area contributed by atoms with Crippen LogP contribution >= 0.6 is 0 Å². The summed E-state index contributed by atoms with van der Waals surface area (Å²) in [7, 11) is 0. The summed E-state index contributed by atoms with van der Waals surface area (Å²) in [4.78, 5) is 0. The van der Waals surface area contributed by atoms with Gasteiger partial charge < -0.3 is 25.3 Å². The zero-order valence-corrected chi connectivity index (χ0v) is 11.1. The van der Waals surface area contributed by atoms with Crippen molar-refractivity contribution in [2.24, 2.45) is 5.73 Å².